The number of benzene rings is 2. The van der Waals surface area contributed by atoms with E-state index in [0.29, 0.717) is 24.5 Å². The molecule has 0 aliphatic heterocycles. The van der Waals surface area contributed by atoms with Gasteiger partial charge in [-0.15, -0.1) is 0 Å². The van der Waals surface area contributed by atoms with Crippen molar-refractivity contribution in [3.63, 3.8) is 0 Å². The van der Waals surface area contributed by atoms with Crippen molar-refractivity contribution in [1.82, 2.24) is 10.9 Å². The van der Waals surface area contributed by atoms with Gasteiger partial charge >= 0.3 is 0 Å². The van der Waals surface area contributed by atoms with Gasteiger partial charge in [-0.2, -0.15) is 0 Å². The van der Waals surface area contributed by atoms with Crippen molar-refractivity contribution in [3.05, 3.63) is 65.7 Å². The second-order valence-electron chi connectivity index (χ2n) is 6.06. The van der Waals surface area contributed by atoms with E-state index in [1.165, 1.54) is 0 Å². The Hall–Kier alpha value is -2.82. The number of aryl methyl sites for hydroxylation is 1. The molecule has 132 valence electrons. The summed E-state index contributed by atoms with van der Waals surface area (Å²) in [5, 5.41) is 0. The molecule has 5 heteroatoms. The van der Waals surface area contributed by atoms with E-state index in [2.05, 4.69) is 24.7 Å². The molecule has 0 saturated heterocycles. The lowest BCUT2D eigenvalue weighted by molar-refractivity contribution is -0.130. The van der Waals surface area contributed by atoms with E-state index in [4.69, 9.17) is 4.74 Å². The molecule has 0 unspecified atom stereocenters. The molecule has 0 heterocycles. The maximum Gasteiger partial charge on any atom is 0.276 e. The van der Waals surface area contributed by atoms with Gasteiger partial charge in [0.05, 0.1) is 0 Å². The molecule has 0 aliphatic rings. The van der Waals surface area contributed by atoms with Crippen molar-refractivity contribution in [2.75, 3.05) is 6.61 Å². The molecule has 0 aromatic heterocycles. The summed E-state index contributed by atoms with van der Waals surface area (Å²) in [5.41, 5.74) is 6.91. The first-order valence-electron chi connectivity index (χ1n) is 8.39. The Labute approximate surface area is 148 Å². The van der Waals surface area contributed by atoms with Crippen LogP contribution < -0.4 is 15.6 Å². The lowest BCUT2D eigenvalue weighted by Crippen LogP contribution is -2.43. The zero-order valence-electron chi connectivity index (χ0n) is 14.6. The van der Waals surface area contributed by atoms with E-state index < -0.39 is 5.91 Å². The SMILES string of the molecule is CC(C)c1ccccc1OCC(=O)NNC(=O)CCc1ccccc1. The predicted octanol–water partition coefficient (Wildman–Crippen LogP) is 2.97. The van der Waals surface area contributed by atoms with Crippen molar-refractivity contribution < 1.29 is 14.3 Å². The predicted molar refractivity (Wildman–Crippen MR) is 97.1 cm³/mol. The van der Waals surface area contributed by atoms with E-state index >= 15 is 0 Å². The first kappa shape index (κ1) is 18.5. The van der Waals surface area contributed by atoms with Gasteiger partial charge in [0.15, 0.2) is 6.61 Å². The molecule has 2 N–H and O–H groups in total. The normalized spacial score (nSPS) is 10.4. The monoisotopic (exact) mass is 340 g/mol. The molecular formula is C20H24N2O3. The van der Waals surface area contributed by atoms with Gasteiger partial charge in [-0.05, 0) is 29.5 Å². The van der Waals surface area contributed by atoms with Crippen LogP contribution in [0.5, 0.6) is 5.75 Å². The Balaban J connectivity index is 1.71. The molecule has 0 fully saturated rings. The van der Waals surface area contributed by atoms with Gasteiger partial charge in [0, 0.05) is 6.42 Å². The molecule has 0 radical (unpaired) electrons. The molecule has 2 rings (SSSR count). The summed E-state index contributed by atoms with van der Waals surface area (Å²) in [5.74, 6) is 0.353. The van der Waals surface area contributed by atoms with Crippen LogP contribution in [0, 0.1) is 0 Å². The molecular weight excluding hydrogens is 316 g/mol. The lowest BCUT2D eigenvalue weighted by atomic mass is 10.0. The molecule has 2 amide bonds. The molecule has 2 aromatic carbocycles. The highest BCUT2D eigenvalue weighted by Crippen LogP contribution is 2.25. The summed E-state index contributed by atoms with van der Waals surface area (Å²) >= 11 is 0. The Kier molecular flexibility index (Phi) is 7.01. The average molecular weight is 340 g/mol. The number of amides is 2. The van der Waals surface area contributed by atoms with Crippen LogP contribution in [0.3, 0.4) is 0 Å². The van der Waals surface area contributed by atoms with E-state index in [9.17, 15) is 9.59 Å². The summed E-state index contributed by atoms with van der Waals surface area (Å²) in [6.45, 7) is 3.98. The number of hydrogen-bond donors (Lipinski definition) is 2. The van der Waals surface area contributed by atoms with E-state index in [1.54, 1.807) is 0 Å². The summed E-state index contributed by atoms with van der Waals surface area (Å²) in [7, 11) is 0. The number of hydrazine groups is 1. The number of para-hydroxylation sites is 1. The number of hydrogen-bond acceptors (Lipinski definition) is 3. The van der Waals surface area contributed by atoms with Gasteiger partial charge in [-0.25, -0.2) is 0 Å². The van der Waals surface area contributed by atoms with Crippen LogP contribution in [0.1, 0.15) is 37.3 Å². The fourth-order valence-electron chi connectivity index (χ4n) is 2.37. The van der Waals surface area contributed by atoms with Crippen molar-refractivity contribution in [2.45, 2.75) is 32.6 Å². The molecule has 2 aromatic rings. The Bertz CT molecular complexity index is 699. The molecule has 0 bridgehead atoms. The third-order valence-corrected chi connectivity index (χ3v) is 3.72. The summed E-state index contributed by atoms with van der Waals surface area (Å²) in [4.78, 5) is 23.6. The highest BCUT2D eigenvalue weighted by molar-refractivity contribution is 5.82. The van der Waals surface area contributed by atoms with Crippen LogP contribution in [0.4, 0.5) is 0 Å². The van der Waals surface area contributed by atoms with Gasteiger partial charge < -0.3 is 4.74 Å². The molecule has 0 saturated carbocycles. The molecule has 0 atom stereocenters. The highest BCUT2D eigenvalue weighted by Gasteiger charge is 2.10. The number of carbonyl (C=O) groups excluding carboxylic acids is 2. The van der Waals surface area contributed by atoms with Crippen molar-refractivity contribution in [2.24, 2.45) is 0 Å². The third-order valence-electron chi connectivity index (χ3n) is 3.72. The van der Waals surface area contributed by atoms with Gasteiger partial charge in [0.1, 0.15) is 5.75 Å². The number of ether oxygens (including phenoxy) is 1. The van der Waals surface area contributed by atoms with Gasteiger partial charge in [-0.3, -0.25) is 20.4 Å². The second kappa shape index (κ2) is 9.47. The zero-order chi connectivity index (χ0) is 18.1. The van der Waals surface area contributed by atoms with Crippen LogP contribution in [-0.2, 0) is 16.0 Å². The van der Waals surface area contributed by atoms with Crippen LogP contribution in [0.2, 0.25) is 0 Å². The van der Waals surface area contributed by atoms with E-state index in [0.717, 1.165) is 11.1 Å². The number of carbonyl (C=O) groups is 2. The largest absolute Gasteiger partial charge is 0.483 e. The maximum atomic E-state index is 11.8. The fourth-order valence-corrected chi connectivity index (χ4v) is 2.37. The zero-order valence-corrected chi connectivity index (χ0v) is 14.6. The van der Waals surface area contributed by atoms with Gasteiger partial charge in [-0.1, -0.05) is 62.4 Å². The second-order valence-corrected chi connectivity index (χ2v) is 6.06. The van der Waals surface area contributed by atoms with Crippen molar-refractivity contribution in [1.29, 1.82) is 0 Å². The first-order valence-corrected chi connectivity index (χ1v) is 8.39. The minimum atomic E-state index is -0.397. The molecule has 5 nitrogen and oxygen atoms in total. The third kappa shape index (κ3) is 6.30. The topological polar surface area (TPSA) is 67.4 Å². The van der Waals surface area contributed by atoms with Gasteiger partial charge in [0.25, 0.3) is 5.91 Å². The van der Waals surface area contributed by atoms with E-state index in [1.807, 2.05) is 54.6 Å². The number of rotatable bonds is 7. The lowest BCUT2D eigenvalue weighted by Gasteiger charge is -2.14. The van der Waals surface area contributed by atoms with Crippen LogP contribution in [-0.4, -0.2) is 18.4 Å². The Morgan fingerprint density at radius 2 is 1.56 bits per heavy atom. The quantitative estimate of drug-likeness (QED) is 0.762. The maximum absolute atomic E-state index is 11.8. The van der Waals surface area contributed by atoms with Crippen molar-refractivity contribution in [3.8, 4) is 5.75 Å². The van der Waals surface area contributed by atoms with Crippen molar-refractivity contribution >= 4 is 11.8 Å². The van der Waals surface area contributed by atoms with Crippen LogP contribution in [0.25, 0.3) is 0 Å². The highest BCUT2D eigenvalue weighted by atomic mass is 16.5. The number of nitrogens with one attached hydrogen (secondary N) is 2. The standard InChI is InChI=1S/C20H24N2O3/c1-15(2)17-10-6-7-11-18(17)25-14-20(24)22-21-19(23)13-12-16-8-4-3-5-9-16/h3-11,15H,12-14H2,1-2H3,(H,21,23)(H,22,24). The average Bonchev–Trinajstić information content (AvgIpc) is 2.64. The van der Waals surface area contributed by atoms with Crippen LogP contribution >= 0.6 is 0 Å². The summed E-state index contributed by atoms with van der Waals surface area (Å²) in [6.07, 6.45) is 0.933. The fraction of sp³-hybridized carbons (Fsp3) is 0.300. The van der Waals surface area contributed by atoms with Gasteiger partial charge in [0.2, 0.25) is 5.91 Å². The Morgan fingerprint density at radius 1 is 0.920 bits per heavy atom. The molecule has 0 spiro atoms. The smallest absolute Gasteiger partial charge is 0.276 e. The minimum absolute atomic E-state index is 0.150. The Morgan fingerprint density at radius 3 is 2.28 bits per heavy atom. The first-order chi connectivity index (χ1) is 12.1. The molecule has 0 aliphatic carbocycles. The minimum Gasteiger partial charge on any atom is -0.483 e. The van der Waals surface area contributed by atoms with E-state index in [-0.39, 0.29) is 12.5 Å². The molecule has 25 heavy (non-hydrogen) atoms. The summed E-state index contributed by atoms with van der Waals surface area (Å²) in [6, 6.07) is 17.3. The summed E-state index contributed by atoms with van der Waals surface area (Å²) < 4.78 is 5.56. The van der Waals surface area contributed by atoms with Crippen LogP contribution in [0.15, 0.2) is 54.6 Å².